The Morgan fingerprint density at radius 3 is 1.54 bits per heavy atom. The van der Waals surface area contributed by atoms with Gasteiger partial charge in [-0.25, -0.2) is 4.79 Å². The lowest BCUT2D eigenvalue weighted by Crippen LogP contribution is -2.34. The number of carbonyl (C=O) groups excluding carboxylic acids is 1. The summed E-state index contributed by atoms with van der Waals surface area (Å²) in [4.78, 5) is 14.9. The van der Waals surface area contributed by atoms with E-state index in [0.29, 0.717) is 24.9 Å². The minimum absolute atomic E-state index is 0.236. The summed E-state index contributed by atoms with van der Waals surface area (Å²) in [5.41, 5.74) is 1.19. The van der Waals surface area contributed by atoms with Crippen molar-refractivity contribution < 1.29 is 9.36 Å². The van der Waals surface area contributed by atoms with E-state index in [1.54, 1.807) is 4.90 Å². The summed E-state index contributed by atoms with van der Waals surface area (Å²) in [5, 5.41) is 0. The largest absolute Gasteiger partial charge is 0.463 e. The Kier molecular flexibility index (Phi) is 7.53. The molecule has 138 valence electrons. The summed E-state index contributed by atoms with van der Waals surface area (Å²) < 4.78 is 13.4. The lowest BCUT2D eigenvalue weighted by Gasteiger charge is -2.22. The molecule has 0 spiro atoms. The molecule has 2 rings (SSSR count). The molecule has 0 fully saturated rings. The van der Waals surface area contributed by atoms with Crippen molar-refractivity contribution in [2.24, 2.45) is 11.8 Å². The first kappa shape index (κ1) is 20.3. The number of carbonyl (C=O) groups is 1. The van der Waals surface area contributed by atoms with Crippen molar-refractivity contribution in [3.05, 3.63) is 71.8 Å². The Bertz CT molecular complexity index is 664. The van der Waals surface area contributed by atoms with Crippen LogP contribution >= 0.6 is 7.80 Å². The van der Waals surface area contributed by atoms with Gasteiger partial charge >= 0.3 is 13.4 Å². The predicted octanol–water partition coefficient (Wildman–Crippen LogP) is 6.34. The Hall–Kier alpha value is -1.99. The summed E-state index contributed by atoms with van der Waals surface area (Å²) in [6.07, 6.45) is 0. The molecule has 0 radical (unpaired) electrons. The Balaban J connectivity index is 2.37. The third kappa shape index (κ3) is 5.51. The molecule has 0 aliphatic carbocycles. The molecular weight excluding hydrogens is 341 g/mol. The smallest absolute Gasteiger partial charge is 0.300 e. The monoisotopic (exact) mass is 370 g/mol. The Morgan fingerprint density at radius 1 is 0.808 bits per heavy atom. The number of nitrogens with zero attached hydrogens (tertiary/aromatic N) is 1. The molecule has 26 heavy (non-hydrogen) atoms. The maximum absolute atomic E-state index is 13.4. The molecular formula is C22H29NO2P+. The molecule has 0 N–H and O–H groups in total. The molecule has 4 heteroatoms. The van der Waals surface area contributed by atoms with Gasteiger partial charge < -0.3 is 0 Å². The molecule has 2 aromatic rings. The molecule has 1 amide bonds. The van der Waals surface area contributed by atoms with Crippen LogP contribution in [0.25, 0.3) is 0 Å². The number of hydrogen-bond acceptors (Lipinski definition) is 2. The van der Waals surface area contributed by atoms with Crippen molar-refractivity contribution in [3.8, 4) is 0 Å². The molecule has 0 saturated carbocycles. The van der Waals surface area contributed by atoms with Gasteiger partial charge in [-0.2, -0.15) is 0 Å². The lowest BCUT2D eigenvalue weighted by molar-refractivity contribution is 0.205. The quantitative estimate of drug-likeness (QED) is 0.509. The minimum atomic E-state index is -2.12. The van der Waals surface area contributed by atoms with E-state index >= 15 is 0 Å². The third-order valence-electron chi connectivity index (χ3n) is 4.10. The zero-order chi connectivity index (χ0) is 19.1. The Labute approximate surface area is 158 Å². The van der Waals surface area contributed by atoms with Crippen LogP contribution in [0.2, 0.25) is 0 Å². The van der Waals surface area contributed by atoms with E-state index < -0.39 is 13.5 Å². The predicted molar refractivity (Wildman–Crippen MR) is 109 cm³/mol. The van der Waals surface area contributed by atoms with Crippen LogP contribution < -0.4 is 0 Å². The van der Waals surface area contributed by atoms with E-state index in [4.69, 9.17) is 0 Å². The van der Waals surface area contributed by atoms with Crippen molar-refractivity contribution in [1.82, 2.24) is 4.90 Å². The number of benzene rings is 2. The zero-order valence-electron chi connectivity index (χ0n) is 16.1. The highest BCUT2D eigenvalue weighted by atomic mass is 31.1. The molecule has 0 aromatic heterocycles. The molecule has 0 aliphatic heterocycles. The lowest BCUT2D eigenvalue weighted by atomic mass is 10.0. The highest BCUT2D eigenvalue weighted by Crippen LogP contribution is 2.47. The van der Waals surface area contributed by atoms with Gasteiger partial charge in [-0.3, -0.25) is 4.90 Å². The molecule has 0 heterocycles. The number of rotatable bonds is 8. The summed E-state index contributed by atoms with van der Waals surface area (Å²) in [5.74, 6) is 0.681. The van der Waals surface area contributed by atoms with E-state index in [-0.39, 0.29) is 5.65 Å². The third-order valence-corrected chi connectivity index (χ3v) is 5.82. The first-order valence-corrected chi connectivity index (χ1v) is 10.6. The van der Waals surface area contributed by atoms with E-state index in [1.165, 1.54) is 0 Å². The van der Waals surface area contributed by atoms with Crippen molar-refractivity contribution in [2.75, 3.05) is 13.1 Å². The van der Waals surface area contributed by atoms with E-state index in [1.807, 2.05) is 60.7 Å². The van der Waals surface area contributed by atoms with Crippen molar-refractivity contribution >= 4 is 13.4 Å². The topological polar surface area (TPSA) is 37.4 Å². The van der Waals surface area contributed by atoms with Crippen LogP contribution in [-0.4, -0.2) is 23.6 Å². The van der Waals surface area contributed by atoms with Gasteiger partial charge in [-0.1, -0.05) is 92.9 Å². The average molecular weight is 370 g/mol. The number of hydrogen-bond donors (Lipinski definition) is 0. The van der Waals surface area contributed by atoms with Gasteiger partial charge in [-0.05, 0) is 11.8 Å². The second-order valence-electron chi connectivity index (χ2n) is 7.52. The van der Waals surface area contributed by atoms with Gasteiger partial charge in [0.2, 0.25) is 5.66 Å². The fourth-order valence-electron chi connectivity index (χ4n) is 3.10. The van der Waals surface area contributed by atoms with Crippen LogP contribution in [0.15, 0.2) is 60.7 Å². The maximum Gasteiger partial charge on any atom is 0.463 e. The fraction of sp³-hybridized carbons (Fsp3) is 0.409. The van der Waals surface area contributed by atoms with E-state index in [0.717, 1.165) is 11.1 Å². The molecule has 0 aliphatic rings. The van der Waals surface area contributed by atoms with E-state index in [9.17, 15) is 9.36 Å². The highest BCUT2D eigenvalue weighted by Gasteiger charge is 2.44. The van der Waals surface area contributed by atoms with Gasteiger partial charge in [-0.15, -0.1) is 0 Å². The van der Waals surface area contributed by atoms with Crippen LogP contribution in [-0.2, 0) is 4.57 Å². The fourth-order valence-corrected chi connectivity index (χ4v) is 4.64. The van der Waals surface area contributed by atoms with Crippen LogP contribution in [0.1, 0.15) is 44.5 Å². The van der Waals surface area contributed by atoms with Gasteiger partial charge in [0, 0.05) is 24.2 Å². The summed E-state index contributed by atoms with van der Waals surface area (Å²) in [7, 11) is -2.12. The molecule has 1 unspecified atom stereocenters. The minimum Gasteiger partial charge on any atom is -0.300 e. The van der Waals surface area contributed by atoms with Crippen molar-refractivity contribution in [3.63, 3.8) is 0 Å². The van der Waals surface area contributed by atoms with Crippen molar-refractivity contribution in [1.29, 1.82) is 0 Å². The summed E-state index contributed by atoms with van der Waals surface area (Å²) >= 11 is 0. The Morgan fingerprint density at radius 2 is 1.19 bits per heavy atom. The summed E-state index contributed by atoms with van der Waals surface area (Å²) in [6, 6.07) is 19.4. The SMILES string of the molecule is CC(C)CN(CC(C)C)C(=O)[P+](=O)C(c1ccccc1)c1ccccc1. The molecule has 0 bridgehead atoms. The molecule has 1 atom stereocenters. The second kappa shape index (κ2) is 9.64. The standard InChI is InChI=1S/C22H29NO2P/c1-17(2)15-23(16-18(3)4)22(24)26(25)21(19-11-7-5-8-12-19)20-13-9-6-10-14-20/h5-14,17-18,21H,15-16H2,1-4H3/q+1. The molecule has 2 aromatic carbocycles. The van der Waals surface area contributed by atoms with Gasteiger partial charge in [0.15, 0.2) is 0 Å². The highest BCUT2D eigenvalue weighted by molar-refractivity contribution is 7.64. The first-order chi connectivity index (χ1) is 12.4. The summed E-state index contributed by atoms with van der Waals surface area (Å²) in [6.45, 7) is 9.60. The van der Waals surface area contributed by atoms with Gasteiger partial charge in [0.25, 0.3) is 0 Å². The first-order valence-electron chi connectivity index (χ1n) is 9.25. The van der Waals surface area contributed by atoms with Crippen molar-refractivity contribution in [2.45, 2.75) is 33.4 Å². The zero-order valence-corrected chi connectivity index (χ0v) is 17.0. The van der Waals surface area contributed by atoms with Crippen LogP contribution in [0, 0.1) is 11.8 Å². The van der Waals surface area contributed by atoms with Gasteiger partial charge in [0.1, 0.15) is 0 Å². The average Bonchev–Trinajstić information content (AvgIpc) is 2.61. The number of amides is 1. The van der Waals surface area contributed by atoms with Crippen LogP contribution in [0.4, 0.5) is 4.79 Å². The van der Waals surface area contributed by atoms with Crippen LogP contribution in [0.3, 0.4) is 0 Å². The second-order valence-corrected chi connectivity index (χ2v) is 9.08. The maximum atomic E-state index is 13.4. The normalized spacial score (nSPS) is 11.9. The molecule has 3 nitrogen and oxygen atoms in total. The van der Waals surface area contributed by atoms with E-state index in [2.05, 4.69) is 27.7 Å². The van der Waals surface area contributed by atoms with Crippen LogP contribution in [0.5, 0.6) is 0 Å². The van der Waals surface area contributed by atoms with Gasteiger partial charge in [0.05, 0.1) is 0 Å². The molecule has 0 saturated heterocycles.